The maximum absolute atomic E-state index is 12.8. The van der Waals surface area contributed by atoms with E-state index in [0.29, 0.717) is 32.1 Å². The minimum atomic E-state index is -0.431. The lowest BCUT2D eigenvalue weighted by atomic mass is 10.3. The maximum Gasteiger partial charge on any atom is 0.260 e. The number of nitrogen functional groups attached to an aromatic ring is 1. The van der Waals surface area contributed by atoms with Crippen LogP contribution in [0.25, 0.3) is 0 Å². The molecule has 0 unspecified atom stereocenters. The molecule has 0 saturated carbocycles. The predicted octanol–water partition coefficient (Wildman–Crippen LogP) is 0.645. The number of morpholine rings is 1. The molecule has 1 aromatic carbocycles. The summed E-state index contributed by atoms with van der Waals surface area (Å²) in [5.74, 6) is -0.237. The molecule has 2 N–H and O–H groups in total. The molecule has 0 aliphatic carbocycles. The van der Waals surface area contributed by atoms with Gasteiger partial charge in [-0.1, -0.05) is 0 Å². The molecular weight excluding hydrogens is 239 g/mol. The van der Waals surface area contributed by atoms with E-state index in [2.05, 4.69) is 0 Å². The molecule has 1 saturated heterocycles. The van der Waals surface area contributed by atoms with E-state index in [9.17, 15) is 9.18 Å². The zero-order valence-corrected chi connectivity index (χ0v) is 9.89. The number of ether oxygens (including phenoxy) is 2. The number of carbonyl (C=O) groups excluding carboxylic acids is 1. The number of hydrogen-bond donors (Lipinski definition) is 1. The van der Waals surface area contributed by atoms with Gasteiger partial charge in [-0.25, -0.2) is 4.39 Å². The molecule has 1 amide bonds. The minimum absolute atomic E-state index is 0.101. The smallest absolute Gasteiger partial charge is 0.260 e. The van der Waals surface area contributed by atoms with Crippen molar-refractivity contribution >= 4 is 11.6 Å². The Kier molecular flexibility index (Phi) is 3.99. The second-order valence-electron chi connectivity index (χ2n) is 3.96. The third-order valence-electron chi connectivity index (χ3n) is 2.69. The van der Waals surface area contributed by atoms with Crippen LogP contribution in [0.5, 0.6) is 5.75 Å². The van der Waals surface area contributed by atoms with E-state index in [1.54, 1.807) is 4.90 Å². The Hall–Kier alpha value is -1.82. The highest BCUT2D eigenvalue weighted by atomic mass is 19.1. The van der Waals surface area contributed by atoms with Crippen LogP contribution in [0.2, 0.25) is 0 Å². The van der Waals surface area contributed by atoms with Gasteiger partial charge in [-0.2, -0.15) is 0 Å². The van der Waals surface area contributed by atoms with Crippen molar-refractivity contribution in [1.29, 1.82) is 0 Å². The van der Waals surface area contributed by atoms with Crippen LogP contribution in [0.3, 0.4) is 0 Å². The van der Waals surface area contributed by atoms with Gasteiger partial charge in [-0.15, -0.1) is 0 Å². The molecule has 98 valence electrons. The molecular formula is C12H15FN2O3. The number of halogens is 1. The van der Waals surface area contributed by atoms with E-state index in [-0.39, 0.29) is 18.2 Å². The Labute approximate surface area is 104 Å². The zero-order valence-electron chi connectivity index (χ0n) is 9.89. The third-order valence-corrected chi connectivity index (χ3v) is 2.69. The zero-order chi connectivity index (χ0) is 13.0. The molecule has 5 nitrogen and oxygen atoms in total. The number of hydrogen-bond acceptors (Lipinski definition) is 4. The first-order valence-electron chi connectivity index (χ1n) is 5.70. The van der Waals surface area contributed by atoms with Crippen LogP contribution in [0, 0.1) is 5.82 Å². The molecule has 6 heteroatoms. The second kappa shape index (κ2) is 5.68. The van der Waals surface area contributed by atoms with E-state index in [1.807, 2.05) is 0 Å². The van der Waals surface area contributed by atoms with Crippen molar-refractivity contribution < 1.29 is 18.7 Å². The summed E-state index contributed by atoms with van der Waals surface area (Å²) in [4.78, 5) is 13.4. The average Bonchev–Trinajstić information content (AvgIpc) is 2.38. The van der Waals surface area contributed by atoms with Crippen molar-refractivity contribution in [1.82, 2.24) is 4.90 Å². The highest BCUT2D eigenvalue weighted by Gasteiger charge is 2.17. The molecule has 0 radical (unpaired) electrons. The molecule has 18 heavy (non-hydrogen) atoms. The fourth-order valence-electron chi connectivity index (χ4n) is 1.69. The summed E-state index contributed by atoms with van der Waals surface area (Å²) in [6, 6.07) is 3.82. The van der Waals surface area contributed by atoms with Crippen LogP contribution in [0.4, 0.5) is 10.1 Å². The van der Waals surface area contributed by atoms with E-state index >= 15 is 0 Å². The first kappa shape index (κ1) is 12.6. The predicted molar refractivity (Wildman–Crippen MR) is 63.7 cm³/mol. The number of anilines is 1. The topological polar surface area (TPSA) is 64.8 Å². The van der Waals surface area contributed by atoms with Gasteiger partial charge >= 0.3 is 0 Å². The molecule has 0 atom stereocenters. The fourth-order valence-corrected chi connectivity index (χ4v) is 1.69. The normalized spacial score (nSPS) is 15.5. The van der Waals surface area contributed by atoms with Crippen LogP contribution in [0.15, 0.2) is 18.2 Å². The van der Waals surface area contributed by atoms with Crippen molar-refractivity contribution in [2.45, 2.75) is 0 Å². The lowest BCUT2D eigenvalue weighted by Crippen LogP contribution is -2.43. The summed E-state index contributed by atoms with van der Waals surface area (Å²) < 4.78 is 23.2. The standard InChI is InChI=1S/C12H15FN2O3/c13-9-1-2-11(10(14)7-9)18-8-12(16)15-3-5-17-6-4-15/h1-2,7H,3-6,8,14H2. The number of carbonyl (C=O) groups is 1. The van der Waals surface area contributed by atoms with Gasteiger partial charge in [0.05, 0.1) is 18.9 Å². The Morgan fingerprint density at radius 2 is 2.17 bits per heavy atom. The summed E-state index contributed by atoms with van der Waals surface area (Å²) in [6.45, 7) is 2.13. The molecule has 1 heterocycles. The molecule has 0 spiro atoms. The number of benzene rings is 1. The van der Waals surface area contributed by atoms with Gasteiger partial charge in [-0.3, -0.25) is 4.79 Å². The molecule has 0 aromatic heterocycles. The fraction of sp³-hybridized carbons (Fsp3) is 0.417. The van der Waals surface area contributed by atoms with Crippen molar-refractivity contribution in [3.63, 3.8) is 0 Å². The second-order valence-corrected chi connectivity index (χ2v) is 3.96. The minimum Gasteiger partial charge on any atom is -0.482 e. The summed E-state index contributed by atoms with van der Waals surface area (Å²) in [6.07, 6.45) is 0. The first-order chi connectivity index (χ1) is 8.66. The number of rotatable bonds is 3. The lowest BCUT2D eigenvalue weighted by molar-refractivity contribution is -0.137. The number of nitrogens with zero attached hydrogens (tertiary/aromatic N) is 1. The summed E-state index contributed by atoms with van der Waals surface area (Å²) in [5, 5.41) is 0. The molecule has 1 aliphatic rings. The van der Waals surface area contributed by atoms with E-state index in [1.165, 1.54) is 12.1 Å². The monoisotopic (exact) mass is 254 g/mol. The number of amides is 1. The lowest BCUT2D eigenvalue weighted by Gasteiger charge is -2.26. The van der Waals surface area contributed by atoms with Crippen molar-refractivity contribution in [3.05, 3.63) is 24.0 Å². The Balaban J connectivity index is 1.88. The van der Waals surface area contributed by atoms with Crippen LogP contribution in [-0.4, -0.2) is 43.7 Å². The summed E-state index contributed by atoms with van der Waals surface area (Å²) >= 11 is 0. The molecule has 0 bridgehead atoms. The average molecular weight is 254 g/mol. The Morgan fingerprint density at radius 3 is 2.83 bits per heavy atom. The van der Waals surface area contributed by atoms with Gasteiger partial charge in [0, 0.05) is 19.2 Å². The van der Waals surface area contributed by atoms with Crippen LogP contribution < -0.4 is 10.5 Å². The van der Waals surface area contributed by atoms with Gasteiger partial charge in [0.1, 0.15) is 11.6 Å². The largest absolute Gasteiger partial charge is 0.482 e. The molecule has 1 fully saturated rings. The van der Waals surface area contributed by atoms with Crippen molar-refractivity contribution in [3.8, 4) is 5.75 Å². The third kappa shape index (κ3) is 3.10. The Bertz CT molecular complexity index is 433. The Morgan fingerprint density at radius 1 is 1.44 bits per heavy atom. The van der Waals surface area contributed by atoms with Gasteiger partial charge in [0.2, 0.25) is 0 Å². The van der Waals surface area contributed by atoms with Crippen molar-refractivity contribution in [2.24, 2.45) is 0 Å². The first-order valence-corrected chi connectivity index (χ1v) is 5.70. The van der Waals surface area contributed by atoms with Gasteiger partial charge in [-0.05, 0) is 12.1 Å². The quantitative estimate of drug-likeness (QED) is 0.804. The molecule has 1 aromatic rings. The van der Waals surface area contributed by atoms with Crippen LogP contribution in [0.1, 0.15) is 0 Å². The van der Waals surface area contributed by atoms with Crippen molar-refractivity contribution in [2.75, 3.05) is 38.6 Å². The summed E-state index contributed by atoms with van der Waals surface area (Å²) in [5.41, 5.74) is 5.76. The maximum atomic E-state index is 12.8. The highest BCUT2D eigenvalue weighted by molar-refractivity contribution is 5.78. The van der Waals surface area contributed by atoms with Crippen LogP contribution in [-0.2, 0) is 9.53 Å². The van der Waals surface area contributed by atoms with E-state index < -0.39 is 5.82 Å². The van der Waals surface area contributed by atoms with Gasteiger partial charge in [0.25, 0.3) is 5.91 Å². The summed E-state index contributed by atoms with van der Waals surface area (Å²) in [7, 11) is 0. The molecule has 2 rings (SSSR count). The van der Waals surface area contributed by atoms with E-state index in [4.69, 9.17) is 15.2 Å². The molecule has 1 aliphatic heterocycles. The highest BCUT2D eigenvalue weighted by Crippen LogP contribution is 2.21. The van der Waals surface area contributed by atoms with Gasteiger partial charge in [0.15, 0.2) is 6.61 Å². The van der Waals surface area contributed by atoms with Crippen LogP contribution >= 0.6 is 0 Å². The van der Waals surface area contributed by atoms with E-state index in [0.717, 1.165) is 6.07 Å². The SMILES string of the molecule is Nc1cc(F)ccc1OCC(=O)N1CCOCC1. The number of nitrogens with two attached hydrogens (primary N) is 1. The van der Waals surface area contributed by atoms with Gasteiger partial charge < -0.3 is 20.1 Å².